The summed E-state index contributed by atoms with van der Waals surface area (Å²) in [6.07, 6.45) is 4.57. The second-order valence-corrected chi connectivity index (χ2v) is 6.22. The van der Waals surface area contributed by atoms with Gasteiger partial charge in [0.05, 0.1) is 18.0 Å². The summed E-state index contributed by atoms with van der Waals surface area (Å²) in [7, 11) is 1.63. The largest absolute Gasteiger partial charge is 0.495 e. The smallest absolute Gasteiger partial charge is 0.233 e. The van der Waals surface area contributed by atoms with Gasteiger partial charge in [0.1, 0.15) is 12.1 Å². The van der Waals surface area contributed by atoms with E-state index in [2.05, 4.69) is 15.5 Å². The van der Waals surface area contributed by atoms with E-state index in [0.717, 1.165) is 37.2 Å². The van der Waals surface area contributed by atoms with Crippen molar-refractivity contribution in [2.75, 3.05) is 13.7 Å². The van der Waals surface area contributed by atoms with E-state index < -0.39 is 0 Å². The van der Waals surface area contributed by atoms with Gasteiger partial charge < -0.3 is 10.1 Å². The lowest BCUT2D eigenvalue weighted by Crippen LogP contribution is -2.30. The monoisotopic (exact) mass is 318 g/mol. The Balaban J connectivity index is 1.87. The van der Waals surface area contributed by atoms with Crippen LogP contribution in [0.4, 0.5) is 0 Å². The molecule has 2 aromatic rings. The number of rotatable bonds is 4. The highest BCUT2D eigenvalue weighted by Crippen LogP contribution is 2.30. The van der Waals surface area contributed by atoms with Gasteiger partial charge in [0, 0.05) is 6.54 Å². The summed E-state index contributed by atoms with van der Waals surface area (Å²) in [5, 5.41) is 11.7. The van der Waals surface area contributed by atoms with E-state index in [4.69, 9.17) is 4.74 Å². The molecular formula is C15H18N4O2S. The third-order valence-electron chi connectivity index (χ3n) is 3.59. The van der Waals surface area contributed by atoms with Gasteiger partial charge in [-0.05, 0) is 25.0 Å². The van der Waals surface area contributed by atoms with E-state index >= 15 is 0 Å². The van der Waals surface area contributed by atoms with Crippen LogP contribution < -0.4 is 10.1 Å². The van der Waals surface area contributed by atoms with E-state index in [1.54, 1.807) is 13.4 Å². The molecular weight excluding hydrogens is 300 g/mol. The fourth-order valence-corrected chi connectivity index (χ4v) is 3.53. The van der Waals surface area contributed by atoms with E-state index in [0.29, 0.717) is 5.16 Å². The fourth-order valence-electron chi connectivity index (χ4n) is 2.45. The Hall–Kier alpha value is -2.02. The SMILES string of the molecule is COc1ccccc1-n1cnnc1SC1CCCCNC1=O. The molecule has 1 aromatic carbocycles. The normalized spacial score (nSPS) is 18.6. The second kappa shape index (κ2) is 6.83. The van der Waals surface area contributed by atoms with Gasteiger partial charge in [-0.3, -0.25) is 9.36 Å². The zero-order valence-corrected chi connectivity index (χ0v) is 13.2. The number of methoxy groups -OCH3 is 1. The number of nitrogens with zero attached hydrogens (tertiary/aromatic N) is 3. The number of benzene rings is 1. The maximum absolute atomic E-state index is 12.1. The van der Waals surface area contributed by atoms with Crippen molar-refractivity contribution in [2.24, 2.45) is 0 Å². The standard InChI is InChI=1S/C15H18N4O2S/c1-21-12-7-3-2-6-11(12)19-10-17-18-15(19)22-13-8-4-5-9-16-14(13)20/h2-3,6-7,10,13H,4-5,8-9H2,1H3,(H,16,20). The van der Waals surface area contributed by atoms with Crippen LogP contribution in [0.25, 0.3) is 5.69 Å². The number of thioether (sulfide) groups is 1. The minimum atomic E-state index is -0.125. The topological polar surface area (TPSA) is 69.0 Å². The first-order valence-corrected chi connectivity index (χ1v) is 8.15. The first-order valence-electron chi connectivity index (χ1n) is 7.27. The van der Waals surface area contributed by atoms with Crippen molar-refractivity contribution in [1.82, 2.24) is 20.1 Å². The van der Waals surface area contributed by atoms with Crippen LogP contribution in [0, 0.1) is 0 Å². The Morgan fingerprint density at radius 2 is 2.23 bits per heavy atom. The van der Waals surface area contributed by atoms with Gasteiger partial charge >= 0.3 is 0 Å². The number of hydrogen-bond acceptors (Lipinski definition) is 5. The molecule has 1 aromatic heterocycles. The summed E-state index contributed by atoms with van der Waals surface area (Å²) >= 11 is 1.46. The minimum absolute atomic E-state index is 0.0806. The van der Waals surface area contributed by atoms with Crippen molar-refractivity contribution >= 4 is 17.7 Å². The average Bonchev–Trinajstić information content (AvgIpc) is 2.91. The van der Waals surface area contributed by atoms with Crippen molar-refractivity contribution in [3.63, 3.8) is 0 Å². The van der Waals surface area contributed by atoms with Crippen molar-refractivity contribution in [3.05, 3.63) is 30.6 Å². The van der Waals surface area contributed by atoms with Crippen molar-refractivity contribution < 1.29 is 9.53 Å². The van der Waals surface area contributed by atoms with Gasteiger partial charge in [0.2, 0.25) is 5.91 Å². The summed E-state index contributed by atoms with van der Waals surface area (Å²) < 4.78 is 7.25. The van der Waals surface area contributed by atoms with Crippen molar-refractivity contribution in [3.8, 4) is 11.4 Å². The number of amides is 1. The van der Waals surface area contributed by atoms with Gasteiger partial charge in [-0.1, -0.05) is 30.3 Å². The molecule has 6 nitrogen and oxygen atoms in total. The molecule has 1 aliphatic rings. The number of carbonyl (C=O) groups is 1. The molecule has 1 unspecified atom stereocenters. The summed E-state index contributed by atoms with van der Waals surface area (Å²) in [6, 6.07) is 7.68. The molecule has 0 saturated carbocycles. The maximum atomic E-state index is 12.1. The molecule has 0 radical (unpaired) electrons. The average molecular weight is 318 g/mol. The second-order valence-electron chi connectivity index (χ2n) is 5.05. The molecule has 22 heavy (non-hydrogen) atoms. The van der Waals surface area contributed by atoms with E-state index in [9.17, 15) is 4.79 Å². The summed E-state index contributed by atoms with van der Waals surface area (Å²) in [5.41, 5.74) is 0.867. The number of aromatic nitrogens is 3. The predicted octanol–water partition coefficient (Wildman–Crippen LogP) is 2.04. The molecule has 1 atom stereocenters. The van der Waals surface area contributed by atoms with Crippen LogP contribution in [-0.2, 0) is 4.79 Å². The lowest BCUT2D eigenvalue weighted by atomic mass is 10.2. The Bertz CT molecular complexity index is 658. The van der Waals surface area contributed by atoms with Gasteiger partial charge in [-0.25, -0.2) is 0 Å². The van der Waals surface area contributed by atoms with Crippen LogP contribution >= 0.6 is 11.8 Å². The minimum Gasteiger partial charge on any atom is -0.495 e. The quantitative estimate of drug-likeness (QED) is 0.934. The third-order valence-corrected chi connectivity index (χ3v) is 4.82. The number of carbonyl (C=O) groups excluding carboxylic acids is 1. The molecule has 1 saturated heterocycles. The molecule has 2 heterocycles. The Kier molecular flexibility index (Phi) is 4.62. The van der Waals surface area contributed by atoms with Gasteiger partial charge in [0.15, 0.2) is 5.16 Å². The summed E-state index contributed by atoms with van der Waals surface area (Å²) in [6.45, 7) is 0.759. The Morgan fingerprint density at radius 3 is 3.09 bits per heavy atom. The lowest BCUT2D eigenvalue weighted by Gasteiger charge is -2.14. The van der Waals surface area contributed by atoms with Crippen molar-refractivity contribution in [1.29, 1.82) is 0 Å². The van der Waals surface area contributed by atoms with Crippen LogP contribution in [0.2, 0.25) is 0 Å². The zero-order chi connectivity index (χ0) is 15.4. The molecule has 1 amide bonds. The number of para-hydroxylation sites is 2. The zero-order valence-electron chi connectivity index (χ0n) is 12.4. The van der Waals surface area contributed by atoms with Crippen molar-refractivity contribution in [2.45, 2.75) is 29.7 Å². The van der Waals surface area contributed by atoms with Crippen LogP contribution in [-0.4, -0.2) is 39.6 Å². The molecule has 116 valence electrons. The molecule has 0 spiro atoms. The molecule has 0 aliphatic carbocycles. The summed E-state index contributed by atoms with van der Waals surface area (Å²) in [4.78, 5) is 12.1. The predicted molar refractivity (Wildman–Crippen MR) is 84.4 cm³/mol. The first kappa shape index (κ1) is 14.9. The van der Waals surface area contributed by atoms with Gasteiger partial charge in [-0.15, -0.1) is 10.2 Å². The summed E-state index contributed by atoms with van der Waals surface area (Å²) in [5.74, 6) is 0.826. The lowest BCUT2D eigenvalue weighted by molar-refractivity contribution is -0.120. The Labute approximate surface area is 133 Å². The molecule has 7 heteroatoms. The third kappa shape index (κ3) is 3.09. The number of nitrogens with one attached hydrogen (secondary N) is 1. The maximum Gasteiger partial charge on any atom is 0.233 e. The number of hydrogen-bond donors (Lipinski definition) is 1. The highest BCUT2D eigenvalue weighted by atomic mass is 32.2. The van der Waals surface area contributed by atoms with Gasteiger partial charge in [-0.2, -0.15) is 0 Å². The van der Waals surface area contributed by atoms with Crippen LogP contribution in [0.3, 0.4) is 0 Å². The van der Waals surface area contributed by atoms with E-state index in [-0.39, 0.29) is 11.2 Å². The fraction of sp³-hybridized carbons (Fsp3) is 0.400. The van der Waals surface area contributed by atoms with Crippen LogP contribution in [0.5, 0.6) is 5.75 Å². The first-order chi connectivity index (χ1) is 10.8. The van der Waals surface area contributed by atoms with Crippen LogP contribution in [0.1, 0.15) is 19.3 Å². The molecule has 1 N–H and O–H groups in total. The Morgan fingerprint density at radius 1 is 1.36 bits per heavy atom. The van der Waals surface area contributed by atoms with Crippen LogP contribution in [0.15, 0.2) is 35.7 Å². The number of ether oxygens (including phenoxy) is 1. The molecule has 1 fully saturated rings. The highest BCUT2D eigenvalue weighted by molar-refractivity contribution is 8.00. The van der Waals surface area contributed by atoms with E-state index in [1.807, 2.05) is 28.8 Å². The molecule has 1 aliphatic heterocycles. The highest BCUT2D eigenvalue weighted by Gasteiger charge is 2.24. The van der Waals surface area contributed by atoms with Gasteiger partial charge in [0.25, 0.3) is 0 Å². The van der Waals surface area contributed by atoms with E-state index in [1.165, 1.54) is 11.8 Å². The molecule has 0 bridgehead atoms. The molecule has 3 rings (SSSR count).